The van der Waals surface area contributed by atoms with Gasteiger partial charge in [0.1, 0.15) is 24.0 Å². The zero-order valence-electron chi connectivity index (χ0n) is 16.8. The molecule has 0 spiro atoms. The van der Waals surface area contributed by atoms with Crippen molar-refractivity contribution in [2.75, 3.05) is 13.2 Å². The number of rotatable bonds is 4. The van der Waals surface area contributed by atoms with Crippen LogP contribution in [-0.4, -0.2) is 45.3 Å². The van der Waals surface area contributed by atoms with Gasteiger partial charge in [-0.15, -0.1) is 0 Å². The summed E-state index contributed by atoms with van der Waals surface area (Å²) in [7, 11) is 0. The normalized spacial score (nSPS) is 21.5. The quantitative estimate of drug-likeness (QED) is 0.622. The molecule has 0 amide bonds. The number of nitrogens with zero attached hydrogens (tertiary/aromatic N) is 4. The van der Waals surface area contributed by atoms with Gasteiger partial charge in [0, 0.05) is 42.7 Å². The molecule has 2 aliphatic rings. The Morgan fingerprint density at radius 1 is 1.17 bits per heavy atom. The van der Waals surface area contributed by atoms with Crippen molar-refractivity contribution >= 4 is 6.29 Å². The Morgan fingerprint density at radius 3 is 2.77 bits per heavy atom. The second-order valence-corrected chi connectivity index (χ2v) is 7.91. The smallest absolute Gasteiger partial charge is 0.127 e. The minimum absolute atomic E-state index is 0.0948. The van der Waals surface area contributed by atoms with Crippen molar-refractivity contribution in [3.05, 3.63) is 59.8 Å². The van der Waals surface area contributed by atoms with Gasteiger partial charge in [-0.25, -0.2) is 4.39 Å². The molecule has 2 atom stereocenters. The fraction of sp³-hybridized carbons (Fsp3) is 0.348. The maximum absolute atomic E-state index is 13.5. The maximum Gasteiger partial charge on any atom is 0.127 e. The fourth-order valence-corrected chi connectivity index (χ4v) is 4.47. The van der Waals surface area contributed by atoms with Gasteiger partial charge in [0.15, 0.2) is 0 Å². The highest BCUT2D eigenvalue weighted by molar-refractivity contribution is 5.83. The van der Waals surface area contributed by atoms with Crippen molar-refractivity contribution in [1.29, 1.82) is 0 Å². The second-order valence-electron chi connectivity index (χ2n) is 7.91. The van der Waals surface area contributed by atoms with Crippen molar-refractivity contribution in [2.45, 2.75) is 32.7 Å². The molecule has 0 bridgehead atoms. The molecule has 1 saturated heterocycles. The first kappa shape index (κ1) is 19.1. The highest BCUT2D eigenvalue weighted by atomic mass is 19.1. The van der Waals surface area contributed by atoms with Gasteiger partial charge in [-0.3, -0.25) is 14.6 Å². The van der Waals surface area contributed by atoms with Crippen LogP contribution in [0.25, 0.3) is 22.4 Å². The van der Waals surface area contributed by atoms with Gasteiger partial charge in [0.25, 0.3) is 0 Å². The molecule has 2 aliphatic heterocycles. The number of carbonyl (C=O) groups is 1. The van der Waals surface area contributed by atoms with Gasteiger partial charge in [-0.2, -0.15) is 5.10 Å². The maximum atomic E-state index is 13.5. The van der Waals surface area contributed by atoms with Crippen LogP contribution in [-0.2, 0) is 22.6 Å². The summed E-state index contributed by atoms with van der Waals surface area (Å²) < 4.78 is 21.4. The van der Waals surface area contributed by atoms with Crippen LogP contribution in [0.3, 0.4) is 0 Å². The first-order chi connectivity index (χ1) is 14.6. The number of carbonyl (C=O) groups excluding carboxylic acids is 1. The molecule has 0 radical (unpaired) electrons. The average Bonchev–Trinajstić information content (AvgIpc) is 3.38. The summed E-state index contributed by atoms with van der Waals surface area (Å²) >= 11 is 0. The first-order valence-corrected chi connectivity index (χ1v) is 10.2. The predicted molar refractivity (Wildman–Crippen MR) is 110 cm³/mol. The van der Waals surface area contributed by atoms with E-state index < -0.39 is 0 Å². The van der Waals surface area contributed by atoms with E-state index in [-0.39, 0.29) is 18.0 Å². The van der Waals surface area contributed by atoms with Crippen molar-refractivity contribution < 1.29 is 13.9 Å². The van der Waals surface area contributed by atoms with Gasteiger partial charge in [-0.05, 0) is 55.3 Å². The molecule has 1 fully saturated rings. The topological polar surface area (TPSA) is 60.2 Å². The highest BCUT2D eigenvalue weighted by Gasteiger charge is 2.36. The number of pyridine rings is 1. The molecule has 3 aromatic rings. The number of halogens is 1. The summed E-state index contributed by atoms with van der Waals surface area (Å²) in [6, 6.07) is 10.5. The van der Waals surface area contributed by atoms with E-state index in [1.54, 1.807) is 18.3 Å². The van der Waals surface area contributed by atoms with Crippen LogP contribution in [0.2, 0.25) is 0 Å². The van der Waals surface area contributed by atoms with Gasteiger partial charge in [0.2, 0.25) is 0 Å². The van der Waals surface area contributed by atoms with Crippen molar-refractivity contribution in [1.82, 2.24) is 19.7 Å². The van der Waals surface area contributed by atoms with E-state index in [9.17, 15) is 9.18 Å². The molecular weight excluding hydrogens is 383 g/mol. The Balaban J connectivity index is 1.61. The Kier molecular flexibility index (Phi) is 4.92. The lowest BCUT2D eigenvalue weighted by molar-refractivity contribution is -0.118. The van der Waals surface area contributed by atoms with Crippen molar-refractivity contribution in [2.24, 2.45) is 5.92 Å². The molecular formula is C23H23FN4O2. The molecule has 5 rings (SSSR count). The lowest BCUT2D eigenvalue weighted by atomic mass is 9.98. The molecule has 30 heavy (non-hydrogen) atoms. The molecule has 4 heterocycles. The highest BCUT2D eigenvalue weighted by Crippen LogP contribution is 2.38. The number of hydrogen-bond acceptors (Lipinski definition) is 5. The van der Waals surface area contributed by atoms with E-state index in [4.69, 9.17) is 9.84 Å². The Labute approximate surface area is 174 Å². The predicted octanol–water partition coefficient (Wildman–Crippen LogP) is 3.44. The van der Waals surface area contributed by atoms with Crippen LogP contribution in [0, 0.1) is 18.7 Å². The molecule has 2 unspecified atom stereocenters. The Bertz CT molecular complexity index is 1080. The lowest BCUT2D eigenvalue weighted by Gasteiger charge is -2.34. The third-order valence-corrected chi connectivity index (χ3v) is 5.95. The van der Waals surface area contributed by atoms with Crippen LogP contribution in [0.1, 0.15) is 17.8 Å². The number of aryl methyl sites for hydroxylation is 1. The summed E-state index contributed by atoms with van der Waals surface area (Å²) in [4.78, 5) is 18.0. The van der Waals surface area contributed by atoms with Crippen LogP contribution >= 0.6 is 0 Å². The van der Waals surface area contributed by atoms with Crippen molar-refractivity contribution in [3.8, 4) is 22.4 Å². The third kappa shape index (κ3) is 3.34. The van der Waals surface area contributed by atoms with Crippen LogP contribution in [0.4, 0.5) is 4.39 Å². The molecule has 2 aromatic heterocycles. The summed E-state index contributed by atoms with van der Waals surface area (Å²) in [5.74, 6) is -0.365. The van der Waals surface area contributed by atoms with E-state index in [0.717, 1.165) is 53.0 Å². The second kappa shape index (κ2) is 7.74. The van der Waals surface area contributed by atoms with Crippen molar-refractivity contribution in [3.63, 3.8) is 0 Å². The number of ether oxygens (including phenoxy) is 1. The first-order valence-electron chi connectivity index (χ1n) is 10.2. The number of fused-ring (bicyclic) bond motifs is 1. The standard InChI is InChI=1S/C23H23FN4O2/c1-15-12-17(6-8-25-15)21-20-13-27(23-18(14-29)7-11-30-23)9-10-28(20)26-22(21)16-2-4-19(24)5-3-16/h2-6,8,12,14,18,23H,7,9-11,13H2,1H3. The molecule has 1 aromatic carbocycles. The third-order valence-electron chi connectivity index (χ3n) is 5.95. The minimum atomic E-state index is -0.270. The van der Waals surface area contributed by atoms with Gasteiger partial charge in [0.05, 0.1) is 18.2 Å². The Morgan fingerprint density at radius 2 is 2.00 bits per heavy atom. The van der Waals surface area contributed by atoms with E-state index in [1.165, 1.54) is 12.1 Å². The van der Waals surface area contributed by atoms with Crippen LogP contribution in [0.5, 0.6) is 0 Å². The summed E-state index contributed by atoms with van der Waals surface area (Å²) in [5, 5.41) is 4.89. The number of aromatic nitrogens is 3. The van der Waals surface area contributed by atoms with Crippen LogP contribution < -0.4 is 0 Å². The Hall–Kier alpha value is -2.90. The SMILES string of the molecule is Cc1cc(-c2c(-c3ccc(F)cc3)nn3c2CN(C2OCCC2C=O)CC3)ccn1. The summed E-state index contributed by atoms with van der Waals surface area (Å²) in [5.41, 5.74) is 5.76. The van der Waals surface area contributed by atoms with Crippen LogP contribution in [0.15, 0.2) is 42.6 Å². The van der Waals surface area contributed by atoms with Gasteiger partial charge < -0.3 is 9.53 Å². The summed E-state index contributed by atoms with van der Waals surface area (Å²) in [6.07, 6.45) is 3.39. The fourth-order valence-electron chi connectivity index (χ4n) is 4.47. The lowest BCUT2D eigenvalue weighted by Crippen LogP contribution is -2.44. The minimum Gasteiger partial charge on any atom is -0.362 e. The molecule has 7 heteroatoms. The molecule has 0 saturated carbocycles. The number of benzene rings is 1. The van der Waals surface area contributed by atoms with E-state index in [0.29, 0.717) is 19.7 Å². The van der Waals surface area contributed by atoms with E-state index >= 15 is 0 Å². The molecule has 154 valence electrons. The van der Waals surface area contributed by atoms with E-state index in [1.807, 2.05) is 23.7 Å². The number of aldehydes is 1. The van der Waals surface area contributed by atoms with Gasteiger partial charge in [-0.1, -0.05) is 0 Å². The average molecular weight is 406 g/mol. The zero-order valence-corrected chi connectivity index (χ0v) is 16.8. The monoisotopic (exact) mass is 406 g/mol. The van der Waals surface area contributed by atoms with Gasteiger partial charge >= 0.3 is 0 Å². The molecule has 0 N–H and O–H groups in total. The summed E-state index contributed by atoms with van der Waals surface area (Å²) in [6.45, 7) is 4.69. The molecule has 0 aliphatic carbocycles. The van der Waals surface area contributed by atoms with E-state index in [2.05, 4.69) is 9.88 Å². The largest absolute Gasteiger partial charge is 0.362 e. The number of hydrogen-bond donors (Lipinski definition) is 0. The zero-order chi connectivity index (χ0) is 20.7. The molecule has 6 nitrogen and oxygen atoms in total.